The second kappa shape index (κ2) is 2.25. The van der Waals surface area contributed by atoms with E-state index in [9.17, 15) is 0 Å². The fourth-order valence-corrected chi connectivity index (χ4v) is 1.30. The maximum Gasteiger partial charge on any atom is 0.186 e. The predicted molar refractivity (Wildman–Crippen MR) is 39.5 cm³/mol. The maximum absolute atomic E-state index is 3.24. The summed E-state index contributed by atoms with van der Waals surface area (Å²) in [5, 5.41) is 0. The number of fused-ring (bicyclic) bond motifs is 1. The van der Waals surface area contributed by atoms with Crippen LogP contribution in [0.5, 0.6) is 0 Å². The Morgan fingerprint density at radius 1 is 1.20 bits per heavy atom. The Labute approximate surface area is 60.4 Å². The third kappa shape index (κ3) is 0.838. The van der Waals surface area contributed by atoms with Crippen LogP contribution in [-0.4, -0.2) is 0 Å². The van der Waals surface area contributed by atoms with Crippen LogP contribution in [0.1, 0.15) is 11.3 Å². The lowest BCUT2D eigenvalue weighted by Gasteiger charge is -2.02. The number of aromatic nitrogens is 1. The summed E-state index contributed by atoms with van der Waals surface area (Å²) in [5.74, 6) is 0. The minimum Gasteiger partial charge on any atom is -0.215 e. The van der Waals surface area contributed by atoms with Crippen LogP contribution in [0.3, 0.4) is 0 Å². The molecule has 0 saturated carbocycles. The Hall–Kier alpha value is -1.11. The van der Waals surface area contributed by atoms with Gasteiger partial charge in [-0.05, 0) is 12.5 Å². The van der Waals surface area contributed by atoms with Gasteiger partial charge in [0.2, 0.25) is 0 Å². The van der Waals surface area contributed by atoms with Crippen molar-refractivity contribution >= 4 is 0 Å². The minimum absolute atomic E-state index is 1.07. The fraction of sp³-hybridized carbons (Fsp3) is 0.222. The molecule has 1 nitrogen and oxygen atoms in total. The van der Waals surface area contributed by atoms with Crippen molar-refractivity contribution in [3.8, 4) is 0 Å². The van der Waals surface area contributed by atoms with Gasteiger partial charge in [0, 0.05) is 11.6 Å². The van der Waals surface area contributed by atoms with Crippen LogP contribution < -0.4 is 4.98 Å². The highest BCUT2D eigenvalue weighted by molar-refractivity contribution is 5.24. The monoisotopic (exact) mass is 132 g/mol. The summed E-state index contributed by atoms with van der Waals surface area (Å²) >= 11 is 0. The van der Waals surface area contributed by atoms with Gasteiger partial charge in [-0.3, -0.25) is 0 Å². The third-order valence-electron chi connectivity index (χ3n) is 1.87. The van der Waals surface area contributed by atoms with Crippen LogP contribution in [-0.2, 0) is 12.8 Å². The maximum atomic E-state index is 3.24. The van der Waals surface area contributed by atoms with Crippen molar-refractivity contribution in [3.63, 3.8) is 0 Å². The largest absolute Gasteiger partial charge is 0.215 e. The normalized spacial score (nSPS) is 14.8. The summed E-state index contributed by atoms with van der Waals surface area (Å²) in [4.78, 5) is 3.24. The highest BCUT2D eigenvalue weighted by Gasteiger charge is 2.08. The number of hydrogen-bond acceptors (Lipinski definition) is 0. The standard InChI is InChI=1S/C9H9N/c1-2-6-9-8(4-1)5-3-7-10-9/h1-3,5,7H,4,6H2/p+1. The van der Waals surface area contributed by atoms with E-state index in [1.165, 1.54) is 11.3 Å². The summed E-state index contributed by atoms with van der Waals surface area (Å²) in [6, 6.07) is 4.23. The minimum atomic E-state index is 1.07. The molecule has 0 amide bonds. The highest BCUT2D eigenvalue weighted by atomic mass is 14.7. The van der Waals surface area contributed by atoms with Crippen molar-refractivity contribution < 1.29 is 4.98 Å². The predicted octanol–water partition coefficient (Wildman–Crippen LogP) is 1.16. The first-order chi connectivity index (χ1) is 4.97. The molecular weight excluding hydrogens is 122 g/mol. The van der Waals surface area contributed by atoms with Gasteiger partial charge in [0.15, 0.2) is 11.9 Å². The first-order valence-electron chi connectivity index (χ1n) is 3.60. The number of hydrogen-bond donors (Lipinski definition) is 0. The molecule has 0 aromatic carbocycles. The van der Waals surface area contributed by atoms with Crippen molar-refractivity contribution in [2.24, 2.45) is 0 Å². The Morgan fingerprint density at radius 2 is 2.10 bits per heavy atom. The molecule has 1 heterocycles. The van der Waals surface area contributed by atoms with Gasteiger partial charge in [0.1, 0.15) is 0 Å². The molecule has 1 aromatic heterocycles. The lowest BCUT2D eigenvalue weighted by atomic mass is 10.0. The van der Waals surface area contributed by atoms with Crippen LogP contribution in [0.2, 0.25) is 0 Å². The molecule has 1 heteroatoms. The average molecular weight is 132 g/mol. The molecule has 0 radical (unpaired) electrons. The van der Waals surface area contributed by atoms with Gasteiger partial charge in [-0.2, -0.15) is 0 Å². The van der Waals surface area contributed by atoms with Crippen molar-refractivity contribution in [1.82, 2.24) is 0 Å². The molecule has 50 valence electrons. The van der Waals surface area contributed by atoms with Crippen LogP contribution >= 0.6 is 0 Å². The Balaban J connectivity index is 2.47. The molecule has 1 aliphatic rings. The van der Waals surface area contributed by atoms with E-state index in [4.69, 9.17) is 0 Å². The van der Waals surface area contributed by atoms with E-state index >= 15 is 0 Å². The number of H-pyrrole nitrogens is 1. The molecule has 1 N–H and O–H groups in total. The summed E-state index contributed by atoms with van der Waals surface area (Å²) in [6.45, 7) is 0. The zero-order valence-corrected chi connectivity index (χ0v) is 5.80. The number of allylic oxidation sites excluding steroid dienone is 2. The van der Waals surface area contributed by atoms with E-state index in [1.54, 1.807) is 0 Å². The van der Waals surface area contributed by atoms with Crippen LogP contribution in [0.25, 0.3) is 0 Å². The highest BCUT2D eigenvalue weighted by Crippen LogP contribution is 2.09. The molecule has 0 unspecified atom stereocenters. The molecule has 10 heavy (non-hydrogen) atoms. The van der Waals surface area contributed by atoms with Gasteiger partial charge in [0.25, 0.3) is 0 Å². The zero-order valence-electron chi connectivity index (χ0n) is 5.80. The zero-order chi connectivity index (χ0) is 6.81. The van der Waals surface area contributed by atoms with Crippen LogP contribution in [0, 0.1) is 0 Å². The van der Waals surface area contributed by atoms with Crippen molar-refractivity contribution in [2.45, 2.75) is 12.8 Å². The number of rotatable bonds is 0. The van der Waals surface area contributed by atoms with E-state index < -0.39 is 0 Å². The fourth-order valence-electron chi connectivity index (χ4n) is 1.30. The van der Waals surface area contributed by atoms with E-state index in [0.29, 0.717) is 0 Å². The average Bonchev–Trinajstić information content (AvgIpc) is 2.05. The number of aromatic amines is 1. The van der Waals surface area contributed by atoms with Crippen LogP contribution in [0.4, 0.5) is 0 Å². The van der Waals surface area contributed by atoms with E-state index in [1.807, 2.05) is 6.20 Å². The first-order valence-corrected chi connectivity index (χ1v) is 3.60. The van der Waals surface area contributed by atoms with Gasteiger partial charge in [-0.1, -0.05) is 12.2 Å². The third-order valence-corrected chi connectivity index (χ3v) is 1.87. The van der Waals surface area contributed by atoms with Gasteiger partial charge < -0.3 is 0 Å². The topological polar surface area (TPSA) is 14.1 Å². The summed E-state index contributed by atoms with van der Waals surface area (Å²) in [5.41, 5.74) is 2.80. The van der Waals surface area contributed by atoms with Crippen LogP contribution in [0.15, 0.2) is 30.5 Å². The smallest absolute Gasteiger partial charge is 0.186 e. The molecule has 1 aliphatic carbocycles. The van der Waals surface area contributed by atoms with E-state index in [-0.39, 0.29) is 0 Å². The quantitative estimate of drug-likeness (QED) is 0.470. The number of nitrogens with one attached hydrogen (secondary N) is 1. The molecule has 0 bridgehead atoms. The molecule has 0 atom stereocenters. The lowest BCUT2D eigenvalue weighted by molar-refractivity contribution is -0.390. The van der Waals surface area contributed by atoms with Gasteiger partial charge in [-0.15, -0.1) is 0 Å². The Bertz CT molecular complexity index is 236. The SMILES string of the molecule is C1=CCc2[nH+]cccc2C1. The van der Waals surface area contributed by atoms with Crippen molar-refractivity contribution in [1.29, 1.82) is 0 Å². The summed E-state index contributed by atoms with van der Waals surface area (Å²) < 4.78 is 0. The molecule has 2 rings (SSSR count). The van der Waals surface area contributed by atoms with Gasteiger partial charge in [0.05, 0.1) is 6.42 Å². The lowest BCUT2D eigenvalue weighted by Crippen LogP contribution is -2.14. The summed E-state index contributed by atoms with van der Waals surface area (Å²) in [7, 11) is 0. The Kier molecular flexibility index (Phi) is 1.28. The Morgan fingerprint density at radius 3 is 3.00 bits per heavy atom. The second-order valence-electron chi connectivity index (χ2n) is 2.55. The molecule has 0 spiro atoms. The molecule has 0 saturated heterocycles. The molecule has 0 aliphatic heterocycles. The van der Waals surface area contributed by atoms with E-state index in [0.717, 1.165) is 12.8 Å². The second-order valence-corrected chi connectivity index (χ2v) is 2.55. The molecular formula is C9H10N+. The first kappa shape index (κ1) is 5.66. The van der Waals surface area contributed by atoms with Crippen molar-refractivity contribution in [3.05, 3.63) is 41.7 Å². The number of pyridine rings is 1. The van der Waals surface area contributed by atoms with Gasteiger partial charge in [-0.25, -0.2) is 4.98 Å². The molecule has 1 aromatic rings. The van der Waals surface area contributed by atoms with Gasteiger partial charge >= 0.3 is 0 Å². The summed E-state index contributed by atoms with van der Waals surface area (Å²) in [6.07, 6.45) is 8.57. The van der Waals surface area contributed by atoms with Crippen molar-refractivity contribution in [2.75, 3.05) is 0 Å². The van der Waals surface area contributed by atoms with E-state index in [2.05, 4.69) is 29.3 Å². The molecule has 0 fully saturated rings.